The molecule has 0 saturated carbocycles. The molecule has 2 heterocycles. The lowest BCUT2D eigenvalue weighted by Gasteiger charge is -2.16. The van der Waals surface area contributed by atoms with Crippen molar-refractivity contribution in [3.05, 3.63) is 23.9 Å². The number of methoxy groups -OCH3 is 1. The minimum absolute atomic E-state index is 0.656. The van der Waals surface area contributed by atoms with Crippen LogP contribution in [0.25, 0.3) is 0 Å². The Morgan fingerprint density at radius 1 is 1.59 bits per heavy atom. The maximum atomic E-state index is 5.14. The molecule has 4 heteroatoms. The summed E-state index contributed by atoms with van der Waals surface area (Å²) in [6.07, 6.45) is 3.06. The van der Waals surface area contributed by atoms with Crippen LogP contribution >= 0.6 is 0 Å². The first-order valence-electron chi connectivity index (χ1n) is 6.26. The van der Waals surface area contributed by atoms with Crippen molar-refractivity contribution in [3.8, 4) is 5.88 Å². The van der Waals surface area contributed by atoms with E-state index in [1.807, 2.05) is 12.3 Å². The number of likely N-dealkylation sites (N-methyl/N-ethyl adjacent to an activating group) is 1. The number of rotatable bonds is 5. The molecule has 1 atom stereocenters. The van der Waals surface area contributed by atoms with Crippen LogP contribution < -0.4 is 10.1 Å². The second-order valence-electron chi connectivity index (χ2n) is 4.48. The minimum atomic E-state index is 0.656. The number of hydrogen-bond acceptors (Lipinski definition) is 4. The Morgan fingerprint density at radius 3 is 3.24 bits per heavy atom. The minimum Gasteiger partial charge on any atom is -0.481 e. The predicted molar refractivity (Wildman–Crippen MR) is 68.1 cm³/mol. The van der Waals surface area contributed by atoms with Crippen LogP contribution in [0.2, 0.25) is 0 Å². The molecular weight excluding hydrogens is 214 g/mol. The molecular formula is C13H21N3O. The third-order valence-corrected chi connectivity index (χ3v) is 3.18. The molecule has 1 aliphatic heterocycles. The largest absolute Gasteiger partial charge is 0.481 e. The molecule has 0 radical (unpaired) electrons. The van der Waals surface area contributed by atoms with E-state index in [1.165, 1.54) is 18.5 Å². The van der Waals surface area contributed by atoms with Crippen molar-refractivity contribution in [2.45, 2.75) is 25.9 Å². The van der Waals surface area contributed by atoms with Crippen molar-refractivity contribution in [2.75, 3.05) is 26.7 Å². The van der Waals surface area contributed by atoms with Gasteiger partial charge in [0.25, 0.3) is 0 Å². The molecule has 1 aliphatic rings. The topological polar surface area (TPSA) is 37.4 Å². The number of likely N-dealkylation sites (tertiary alicyclic amines) is 1. The zero-order valence-electron chi connectivity index (χ0n) is 10.6. The molecule has 0 amide bonds. The van der Waals surface area contributed by atoms with Crippen molar-refractivity contribution < 1.29 is 4.74 Å². The predicted octanol–water partition coefficient (Wildman–Crippen LogP) is 1.27. The van der Waals surface area contributed by atoms with Crippen molar-refractivity contribution >= 4 is 0 Å². The van der Waals surface area contributed by atoms with Gasteiger partial charge in [-0.2, -0.15) is 0 Å². The van der Waals surface area contributed by atoms with Crippen molar-refractivity contribution in [3.63, 3.8) is 0 Å². The van der Waals surface area contributed by atoms with Crippen LogP contribution in [-0.2, 0) is 6.54 Å². The van der Waals surface area contributed by atoms with Gasteiger partial charge in [-0.3, -0.25) is 4.90 Å². The Labute approximate surface area is 103 Å². The highest BCUT2D eigenvalue weighted by molar-refractivity contribution is 5.20. The highest BCUT2D eigenvalue weighted by Crippen LogP contribution is 2.15. The molecule has 1 aromatic rings. The van der Waals surface area contributed by atoms with Gasteiger partial charge in [-0.05, 0) is 24.6 Å². The zero-order chi connectivity index (χ0) is 12.1. The molecule has 94 valence electrons. The van der Waals surface area contributed by atoms with Gasteiger partial charge in [0.05, 0.1) is 7.11 Å². The maximum Gasteiger partial charge on any atom is 0.213 e. The number of hydrogen-bond donors (Lipinski definition) is 1. The smallest absolute Gasteiger partial charge is 0.213 e. The lowest BCUT2D eigenvalue weighted by Crippen LogP contribution is -2.32. The number of aromatic nitrogens is 1. The summed E-state index contributed by atoms with van der Waals surface area (Å²) in [5.41, 5.74) is 1.27. The quantitative estimate of drug-likeness (QED) is 0.834. The molecule has 4 nitrogen and oxygen atoms in total. The van der Waals surface area contributed by atoms with Crippen LogP contribution in [0.5, 0.6) is 5.88 Å². The molecule has 1 aromatic heterocycles. The van der Waals surface area contributed by atoms with Gasteiger partial charge >= 0.3 is 0 Å². The van der Waals surface area contributed by atoms with E-state index >= 15 is 0 Å². The van der Waals surface area contributed by atoms with Gasteiger partial charge in [-0.1, -0.05) is 6.92 Å². The summed E-state index contributed by atoms with van der Waals surface area (Å²) in [6.45, 7) is 6.51. The second-order valence-corrected chi connectivity index (χ2v) is 4.48. The molecule has 0 spiro atoms. The molecule has 0 bridgehead atoms. The lowest BCUT2D eigenvalue weighted by atomic mass is 10.2. The van der Waals surface area contributed by atoms with Crippen LogP contribution in [0.4, 0.5) is 0 Å². The molecule has 0 aliphatic carbocycles. The van der Waals surface area contributed by atoms with Gasteiger partial charge in [0.1, 0.15) is 0 Å². The fourth-order valence-electron chi connectivity index (χ4n) is 2.35. The Morgan fingerprint density at radius 2 is 2.47 bits per heavy atom. The van der Waals surface area contributed by atoms with E-state index < -0.39 is 0 Å². The van der Waals surface area contributed by atoms with E-state index in [2.05, 4.69) is 28.2 Å². The number of nitrogens with zero attached hydrogens (tertiary/aromatic N) is 2. The van der Waals surface area contributed by atoms with E-state index in [0.717, 1.165) is 19.6 Å². The molecule has 1 N–H and O–H groups in total. The summed E-state index contributed by atoms with van der Waals surface area (Å²) in [4.78, 5) is 6.60. The average molecular weight is 235 g/mol. The standard InChI is InChI=1S/C13H21N3O/c1-3-14-12-5-7-16(10-12)9-11-4-6-15-13(8-11)17-2/h4,6,8,12,14H,3,5,7,9-10H2,1-2H3. The van der Waals surface area contributed by atoms with Crippen molar-refractivity contribution in [2.24, 2.45) is 0 Å². The molecule has 1 saturated heterocycles. The van der Waals surface area contributed by atoms with E-state index in [-0.39, 0.29) is 0 Å². The number of ether oxygens (including phenoxy) is 1. The first-order chi connectivity index (χ1) is 8.31. The summed E-state index contributed by atoms with van der Waals surface area (Å²) >= 11 is 0. The molecule has 17 heavy (non-hydrogen) atoms. The molecule has 1 unspecified atom stereocenters. The van der Waals surface area contributed by atoms with Crippen LogP contribution in [0.1, 0.15) is 18.9 Å². The molecule has 1 fully saturated rings. The van der Waals surface area contributed by atoms with Crippen molar-refractivity contribution in [1.82, 2.24) is 15.2 Å². The number of pyridine rings is 1. The van der Waals surface area contributed by atoms with E-state index in [1.54, 1.807) is 7.11 Å². The van der Waals surface area contributed by atoms with E-state index in [4.69, 9.17) is 4.74 Å². The fraction of sp³-hybridized carbons (Fsp3) is 0.615. The monoisotopic (exact) mass is 235 g/mol. The van der Waals surface area contributed by atoms with Gasteiger partial charge in [0.15, 0.2) is 0 Å². The normalized spacial score (nSPS) is 20.7. The Kier molecular flexibility index (Phi) is 4.34. The second kappa shape index (κ2) is 5.98. The summed E-state index contributed by atoms with van der Waals surface area (Å²) in [7, 11) is 1.66. The van der Waals surface area contributed by atoms with Crippen LogP contribution in [0.3, 0.4) is 0 Å². The SMILES string of the molecule is CCNC1CCN(Cc2ccnc(OC)c2)C1. The molecule has 2 rings (SSSR count). The highest BCUT2D eigenvalue weighted by Gasteiger charge is 2.21. The van der Waals surface area contributed by atoms with E-state index in [0.29, 0.717) is 11.9 Å². The highest BCUT2D eigenvalue weighted by atomic mass is 16.5. The third kappa shape index (κ3) is 3.41. The van der Waals surface area contributed by atoms with Crippen LogP contribution in [0, 0.1) is 0 Å². The van der Waals surface area contributed by atoms with Crippen LogP contribution in [-0.4, -0.2) is 42.7 Å². The Balaban J connectivity index is 1.88. The first kappa shape index (κ1) is 12.3. The summed E-state index contributed by atoms with van der Waals surface area (Å²) in [5, 5.41) is 3.50. The summed E-state index contributed by atoms with van der Waals surface area (Å²) < 4.78 is 5.14. The number of nitrogens with one attached hydrogen (secondary N) is 1. The summed E-state index contributed by atoms with van der Waals surface area (Å²) in [6, 6.07) is 4.73. The van der Waals surface area contributed by atoms with E-state index in [9.17, 15) is 0 Å². The molecule has 0 aromatic carbocycles. The summed E-state index contributed by atoms with van der Waals surface area (Å²) in [5.74, 6) is 0.699. The first-order valence-corrected chi connectivity index (χ1v) is 6.26. The van der Waals surface area contributed by atoms with Gasteiger partial charge in [0.2, 0.25) is 5.88 Å². The van der Waals surface area contributed by atoms with Gasteiger partial charge < -0.3 is 10.1 Å². The van der Waals surface area contributed by atoms with Gasteiger partial charge in [0, 0.05) is 37.9 Å². The zero-order valence-corrected chi connectivity index (χ0v) is 10.6. The third-order valence-electron chi connectivity index (χ3n) is 3.18. The van der Waals surface area contributed by atoms with Gasteiger partial charge in [-0.25, -0.2) is 4.98 Å². The van der Waals surface area contributed by atoms with Crippen LogP contribution in [0.15, 0.2) is 18.3 Å². The lowest BCUT2D eigenvalue weighted by molar-refractivity contribution is 0.319. The maximum absolute atomic E-state index is 5.14. The fourth-order valence-corrected chi connectivity index (χ4v) is 2.35. The van der Waals surface area contributed by atoms with Gasteiger partial charge in [-0.15, -0.1) is 0 Å². The Hall–Kier alpha value is -1.13. The van der Waals surface area contributed by atoms with Crippen molar-refractivity contribution in [1.29, 1.82) is 0 Å². The average Bonchev–Trinajstić information content (AvgIpc) is 2.77. The Bertz CT molecular complexity index is 356.